The molecule has 6 nitrogen and oxygen atoms in total. The molecule has 1 N–H and O–H groups in total. The van der Waals surface area contributed by atoms with Crippen molar-refractivity contribution in [2.24, 2.45) is 0 Å². The van der Waals surface area contributed by atoms with Crippen molar-refractivity contribution in [3.63, 3.8) is 0 Å². The second-order valence-electron chi connectivity index (χ2n) is 10.7. The Morgan fingerprint density at radius 1 is 0.976 bits per heavy atom. The highest BCUT2D eigenvalue weighted by molar-refractivity contribution is 7.91. The van der Waals surface area contributed by atoms with E-state index in [1.807, 2.05) is 49.4 Å². The highest BCUT2D eigenvalue weighted by Crippen LogP contribution is 2.41. The van der Waals surface area contributed by atoms with Crippen LogP contribution in [0.1, 0.15) is 54.9 Å². The van der Waals surface area contributed by atoms with Crippen LogP contribution >= 0.6 is 11.3 Å². The van der Waals surface area contributed by atoms with Gasteiger partial charge in [-0.15, -0.1) is 11.3 Å². The maximum Gasteiger partial charge on any atom is 0.178 e. The lowest BCUT2D eigenvalue weighted by molar-refractivity contribution is 0.0993. The molecule has 8 heteroatoms. The van der Waals surface area contributed by atoms with Gasteiger partial charge < -0.3 is 9.84 Å². The molecule has 1 aliphatic rings. The molecule has 0 amide bonds. The highest BCUT2D eigenvalue weighted by atomic mass is 32.2. The summed E-state index contributed by atoms with van der Waals surface area (Å²) in [6.07, 6.45) is 5.45. The van der Waals surface area contributed by atoms with Crippen molar-refractivity contribution in [3.05, 3.63) is 77.9 Å². The van der Waals surface area contributed by atoms with Crippen LogP contribution in [0.5, 0.6) is 11.5 Å². The SMILES string of the molecule is CCCCS(=O)(=O)c1ccc(-c2sc3cc(O)ccc3c2CC(=O)c2ccc(OCCN3CCCCC3)cc2)cc1. The number of piperidine rings is 1. The number of thiophene rings is 1. The van der Waals surface area contributed by atoms with E-state index in [4.69, 9.17) is 4.74 Å². The molecule has 41 heavy (non-hydrogen) atoms. The predicted octanol–water partition coefficient (Wildman–Crippen LogP) is 7.14. The van der Waals surface area contributed by atoms with Gasteiger partial charge in [-0.3, -0.25) is 9.69 Å². The summed E-state index contributed by atoms with van der Waals surface area (Å²) in [4.78, 5) is 17.1. The number of carbonyl (C=O) groups excluding carboxylic acids is 1. The molecule has 5 rings (SSSR count). The van der Waals surface area contributed by atoms with Crippen molar-refractivity contribution < 1.29 is 23.1 Å². The first-order valence-corrected chi connectivity index (χ1v) is 16.9. The van der Waals surface area contributed by atoms with Gasteiger partial charge in [-0.25, -0.2) is 8.42 Å². The third-order valence-electron chi connectivity index (χ3n) is 7.66. The van der Waals surface area contributed by atoms with Crippen molar-refractivity contribution in [3.8, 4) is 21.9 Å². The maximum absolute atomic E-state index is 13.5. The van der Waals surface area contributed by atoms with Gasteiger partial charge in [-0.2, -0.15) is 0 Å². The molecule has 0 aliphatic carbocycles. The number of benzene rings is 3. The van der Waals surface area contributed by atoms with Gasteiger partial charge in [0.15, 0.2) is 15.6 Å². The number of carbonyl (C=O) groups is 1. The Kier molecular flexibility index (Phi) is 9.42. The molecule has 0 saturated carbocycles. The minimum absolute atomic E-state index is 0.0161. The minimum atomic E-state index is -3.33. The number of hydrogen-bond donors (Lipinski definition) is 1. The molecular formula is C33H37NO5S2. The summed E-state index contributed by atoms with van der Waals surface area (Å²) >= 11 is 1.49. The lowest BCUT2D eigenvalue weighted by Gasteiger charge is -2.26. The molecule has 0 unspecified atom stereocenters. The number of fused-ring (bicyclic) bond motifs is 1. The van der Waals surface area contributed by atoms with Crippen LogP contribution in [0.2, 0.25) is 0 Å². The largest absolute Gasteiger partial charge is 0.508 e. The molecule has 2 heterocycles. The maximum atomic E-state index is 13.5. The fourth-order valence-corrected chi connectivity index (χ4v) is 8.00. The van der Waals surface area contributed by atoms with Gasteiger partial charge in [0, 0.05) is 28.1 Å². The van der Waals surface area contributed by atoms with Crippen molar-refractivity contribution in [2.75, 3.05) is 32.0 Å². The fourth-order valence-electron chi connectivity index (χ4n) is 5.29. The van der Waals surface area contributed by atoms with E-state index in [1.54, 1.807) is 24.3 Å². The van der Waals surface area contributed by atoms with Crippen LogP contribution in [-0.2, 0) is 16.3 Å². The first kappa shape index (κ1) is 29.3. The molecule has 1 aromatic heterocycles. The van der Waals surface area contributed by atoms with E-state index in [0.717, 1.165) is 57.9 Å². The van der Waals surface area contributed by atoms with Crippen LogP contribution in [0.4, 0.5) is 0 Å². The predicted molar refractivity (Wildman–Crippen MR) is 166 cm³/mol. The quantitative estimate of drug-likeness (QED) is 0.176. The van der Waals surface area contributed by atoms with Gasteiger partial charge in [-0.1, -0.05) is 31.9 Å². The van der Waals surface area contributed by atoms with Gasteiger partial charge in [-0.05, 0) is 103 Å². The zero-order valence-electron chi connectivity index (χ0n) is 23.5. The molecule has 1 aliphatic heterocycles. The van der Waals surface area contributed by atoms with Crippen molar-refractivity contribution in [2.45, 2.75) is 50.3 Å². The van der Waals surface area contributed by atoms with E-state index in [2.05, 4.69) is 4.90 Å². The number of hydrogen-bond acceptors (Lipinski definition) is 7. The molecular weight excluding hydrogens is 554 g/mol. The molecule has 4 aromatic rings. The summed E-state index contributed by atoms with van der Waals surface area (Å²) in [6.45, 7) is 5.79. The van der Waals surface area contributed by atoms with Crippen LogP contribution in [0, 0.1) is 0 Å². The Bertz CT molecular complexity index is 1590. The number of phenolic OH excluding ortho intramolecular Hbond substituents is 1. The Morgan fingerprint density at radius 2 is 1.71 bits per heavy atom. The Balaban J connectivity index is 1.33. The number of likely N-dealkylation sites (tertiary alicyclic amines) is 1. The molecule has 1 fully saturated rings. The summed E-state index contributed by atoms with van der Waals surface area (Å²) in [5.74, 6) is 1.03. The van der Waals surface area contributed by atoms with Crippen molar-refractivity contribution in [1.29, 1.82) is 0 Å². The fraction of sp³-hybridized carbons (Fsp3) is 0.364. The zero-order chi connectivity index (χ0) is 28.8. The molecule has 0 bridgehead atoms. The Hall–Kier alpha value is -3.20. The average Bonchev–Trinajstić information content (AvgIpc) is 3.34. The van der Waals surface area contributed by atoms with E-state index in [1.165, 1.54) is 30.6 Å². The van der Waals surface area contributed by atoms with E-state index >= 15 is 0 Å². The zero-order valence-corrected chi connectivity index (χ0v) is 25.1. The standard InChI is InChI=1S/C33H37NO5S2/c1-2-3-21-41(37,38)28-14-9-25(10-15-28)33-30(29-16-11-26(35)22-32(29)40-33)23-31(36)24-7-12-27(13-8-24)39-20-19-34-17-5-4-6-18-34/h7-16,22,35H,2-6,17-21,23H2,1H3. The van der Waals surface area contributed by atoms with Gasteiger partial charge in [0.2, 0.25) is 0 Å². The number of Topliss-reactive ketones (excluding diaryl/α,β-unsaturated/α-hetero) is 1. The number of aromatic hydroxyl groups is 1. The Morgan fingerprint density at radius 3 is 2.41 bits per heavy atom. The number of unbranched alkanes of at least 4 members (excludes halogenated alkanes) is 1. The number of ether oxygens (including phenoxy) is 1. The normalized spacial score (nSPS) is 14.4. The molecule has 1 saturated heterocycles. The molecule has 0 atom stereocenters. The van der Waals surface area contributed by atoms with E-state index in [9.17, 15) is 18.3 Å². The minimum Gasteiger partial charge on any atom is -0.508 e. The van der Waals surface area contributed by atoms with Gasteiger partial charge in [0.1, 0.15) is 18.1 Å². The van der Waals surface area contributed by atoms with E-state index in [0.29, 0.717) is 23.5 Å². The Labute approximate surface area is 246 Å². The van der Waals surface area contributed by atoms with Crippen LogP contribution < -0.4 is 4.74 Å². The third kappa shape index (κ3) is 7.18. The second-order valence-corrected chi connectivity index (χ2v) is 13.8. The van der Waals surface area contributed by atoms with Crippen LogP contribution in [-0.4, -0.2) is 56.2 Å². The number of nitrogens with zero attached hydrogens (tertiary/aromatic N) is 1. The third-order valence-corrected chi connectivity index (χ3v) is 10.7. The summed E-state index contributed by atoms with van der Waals surface area (Å²) in [6, 6.07) is 19.4. The molecule has 0 spiro atoms. The van der Waals surface area contributed by atoms with Crippen LogP contribution in [0.15, 0.2) is 71.6 Å². The van der Waals surface area contributed by atoms with Gasteiger partial charge in [0.05, 0.1) is 10.6 Å². The molecule has 0 radical (unpaired) electrons. The van der Waals surface area contributed by atoms with Crippen molar-refractivity contribution in [1.82, 2.24) is 4.90 Å². The second kappa shape index (κ2) is 13.2. The summed E-state index contributed by atoms with van der Waals surface area (Å²) in [7, 11) is -3.33. The van der Waals surface area contributed by atoms with E-state index < -0.39 is 9.84 Å². The first-order chi connectivity index (χ1) is 19.8. The average molecular weight is 592 g/mol. The highest BCUT2D eigenvalue weighted by Gasteiger charge is 2.20. The lowest BCUT2D eigenvalue weighted by atomic mass is 9.98. The number of rotatable bonds is 12. The first-order valence-electron chi connectivity index (χ1n) is 14.4. The lowest BCUT2D eigenvalue weighted by Crippen LogP contribution is -2.33. The van der Waals surface area contributed by atoms with E-state index in [-0.39, 0.29) is 23.7 Å². The number of sulfone groups is 1. The number of ketones is 1. The summed E-state index contributed by atoms with van der Waals surface area (Å²) in [5.41, 5.74) is 2.33. The van der Waals surface area contributed by atoms with Crippen molar-refractivity contribution >= 4 is 37.0 Å². The molecule has 3 aromatic carbocycles. The summed E-state index contributed by atoms with van der Waals surface area (Å²) < 4.78 is 32.1. The van der Waals surface area contributed by atoms with Crippen LogP contribution in [0.3, 0.4) is 0 Å². The van der Waals surface area contributed by atoms with Gasteiger partial charge in [0.25, 0.3) is 0 Å². The smallest absolute Gasteiger partial charge is 0.178 e. The summed E-state index contributed by atoms with van der Waals surface area (Å²) in [5, 5.41) is 11.0. The molecule has 216 valence electrons. The van der Waals surface area contributed by atoms with Gasteiger partial charge >= 0.3 is 0 Å². The van der Waals surface area contributed by atoms with Crippen LogP contribution in [0.25, 0.3) is 20.5 Å². The number of phenols is 1. The topological polar surface area (TPSA) is 83.9 Å². The monoisotopic (exact) mass is 591 g/mol.